The highest BCUT2D eigenvalue weighted by atomic mass is 16.2. The van der Waals surface area contributed by atoms with E-state index < -0.39 is 0 Å². The zero-order valence-electron chi connectivity index (χ0n) is 15.9. The molecule has 6 nitrogen and oxygen atoms in total. The first-order chi connectivity index (χ1) is 13.2. The van der Waals surface area contributed by atoms with Gasteiger partial charge in [-0.3, -0.25) is 14.4 Å². The van der Waals surface area contributed by atoms with Crippen molar-refractivity contribution < 1.29 is 4.79 Å². The summed E-state index contributed by atoms with van der Waals surface area (Å²) in [5.41, 5.74) is 2.68. The number of nitrogens with zero attached hydrogens (tertiary/aromatic N) is 5. The number of aromatic nitrogens is 3. The molecule has 0 saturated carbocycles. The molecule has 6 rings (SSSR count). The second-order valence-corrected chi connectivity index (χ2v) is 8.33. The molecule has 1 aromatic carbocycles. The molecule has 1 aromatic heterocycles. The molecule has 4 aliphatic heterocycles. The summed E-state index contributed by atoms with van der Waals surface area (Å²) < 4.78 is 1.75. The van der Waals surface area contributed by atoms with Gasteiger partial charge in [0, 0.05) is 24.9 Å². The quantitative estimate of drug-likeness (QED) is 0.832. The van der Waals surface area contributed by atoms with Crippen LogP contribution in [0.15, 0.2) is 36.9 Å². The third-order valence-electron chi connectivity index (χ3n) is 6.84. The third kappa shape index (κ3) is 2.96. The molecular weight excluding hydrogens is 338 g/mol. The summed E-state index contributed by atoms with van der Waals surface area (Å²) >= 11 is 0. The summed E-state index contributed by atoms with van der Waals surface area (Å²) in [7, 11) is 0. The molecule has 142 valence electrons. The minimum Gasteiger partial charge on any atom is -0.337 e. The van der Waals surface area contributed by atoms with Gasteiger partial charge >= 0.3 is 0 Å². The van der Waals surface area contributed by atoms with Gasteiger partial charge in [0.05, 0.1) is 12.6 Å². The molecule has 3 atom stereocenters. The van der Waals surface area contributed by atoms with E-state index in [1.807, 2.05) is 0 Å². The Morgan fingerprint density at radius 1 is 1.15 bits per heavy atom. The van der Waals surface area contributed by atoms with E-state index in [2.05, 4.69) is 51.1 Å². The molecule has 0 unspecified atom stereocenters. The Labute approximate surface area is 160 Å². The predicted molar refractivity (Wildman–Crippen MR) is 102 cm³/mol. The van der Waals surface area contributed by atoms with Crippen LogP contribution in [0.25, 0.3) is 0 Å². The van der Waals surface area contributed by atoms with Gasteiger partial charge in [-0.05, 0) is 44.3 Å². The maximum absolute atomic E-state index is 13.1. The van der Waals surface area contributed by atoms with Crippen LogP contribution in [-0.2, 0) is 11.3 Å². The van der Waals surface area contributed by atoms with Gasteiger partial charge < -0.3 is 4.90 Å². The molecule has 2 aromatic rings. The van der Waals surface area contributed by atoms with Crippen LogP contribution in [0.1, 0.15) is 36.3 Å². The van der Waals surface area contributed by atoms with E-state index in [1.165, 1.54) is 43.4 Å². The first-order valence-electron chi connectivity index (χ1n) is 10.1. The molecule has 4 aliphatic rings. The molecule has 1 amide bonds. The van der Waals surface area contributed by atoms with Gasteiger partial charge in [-0.1, -0.05) is 29.8 Å². The highest BCUT2D eigenvalue weighted by Gasteiger charge is 2.54. The van der Waals surface area contributed by atoms with Gasteiger partial charge in [0.2, 0.25) is 5.91 Å². The highest BCUT2D eigenvalue weighted by Crippen LogP contribution is 2.46. The van der Waals surface area contributed by atoms with Crippen LogP contribution in [0, 0.1) is 12.8 Å². The lowest BCUT2D eigenvalue weighted by Gasteiger charge is -2.51. The minimum absolute atomic E-state index is 0.267. The molecule has 27 heavy (non-hydrogen) atoms. The van der Waals surface area contributed by atoms with Crippen LogP contribution in [0.2, 0.25) is 0 Å². The zero-order valence-corrected chi connectivity index (χ0v) is 15.9. The second kappa shape index (κ2) is 6.75. The van der Waals surface area contributed by atoms with Crippen molar-refractivity contribution in [1.29, 1.82) is 0 Å². The smallest absolute Gasteiger partial charge is 0.224 e. The highest BCUT2D eigenvalue weighted by molar-refractivity contribution is 5.77. The number of piperidine rings is 3. The molecule has 4 saturated heterocycles. The number of carbonyl (C=O) groups excluding carboxylic acids is 1. The number of carbonyl (C=O) groups is 1. The predicted octanol–water partition coefficient (Wildman–Crippen LogP) is 2.07. The van der Waals surface area contributed by atoms with Crippen LogP contribution >= 0.6 is 0 Å². The van der Waals surface area contributed by atoms with Crippen LogP contribution < -0.4 is 0 Å². The first-order valence-corrected chi connectivity index (χ1v) is 10.1. The van der Waals surface area contributed by atoms with Crippen LogP contribution in [0.4, 0.5) is 0 Å². The number of benzene rings is 1. The summed E-state index contributed by atoms with van der Waals surface area (Å²) in [4.78, 5) is 22.0. The van der Waals surface area contributed by atoms with E-state index in [4.69, 9.17) is 0 Å². The fourth-order valence-corrected chi connectivity index (χ4v) is 5.51. The van der Waals surface area contributed by atoms with Crippen LogP contribution in [0.5, 0.6) is 0 Å². The molecule has 0 aliphatic carbocycles. The van der Waals surface area contributed by atoms with Gasteiger partial charge in [-0.25, -0.2) is 4.98 Å². The van der Waals surface area contributed by atoms with Gasteiger partial charge in [0.25, 0.3) is 0 Å². The Balaban J connectivity index is 1.40. The van der Waals surface area contributed by atoms with Crippen molar-refractivity contribution in [1.82, 2.24) is 24.6 Å². The van der Waals surface area contributed by atoms with Crippen LogP contribution in [0.3, 0.4) is 0 Å². The normalized spacial score (nSPS) is 31.9. The number of hydrogen-bond acceptors (Lipinski definition) is 4. The topological polar surface area (TPSA) is 54.3 Å². The van der Waals surface area contributed by atoms with E-state index in [0.717, 1.165) is 6.54 Å². The average Bonchev–Trinajstić information content (AvgIpc) is 3.37. The zero-order chi connectivity index (χ0) is 18.4. The molecular formula is C21H27N5O. The molecule has 0 radical (unpaired) electrons. The van der Waals surface area contributed by atoms with Crippen molar-refractivity contribution in [3.63, 3.8) is 0 Å². The largest absolute Gasteiger partial charge is 0.337 e. The first kappa shape index (κ1) is 16.9. The van der Waals surface area contributed by atoms with Crippen molar-refractivity contribution in [3.8, 4) is 0 Å². The third-order valence-corrected chi connectivity index (χ3v) is 6.84. The summed E-state index contributed by atoms with van der Waals surface area (Å²) in [5.74, 6) is 1.35. The van der Waals surface area contributed by atoms with E-state index >= 15 is 0 Å². The molecule has 2 bridgehead atoms. The summed E-state index contributed by atoms with van der Waals surface area (Å²) in [5, 5.41) is 4.13. The van der Waals surface area contributed by atoms with Crippen molar-refractivity contribution >= 4 is 5.91 Å². The van der Waals surface area contributed by atoms with Crippen LogP contribution in [-0.4, -0.2) is 62.2 Å². The fraction of sp³-hybridized carbons (Fsp3) is 0.571. The maximum atomic E-state index is 13.1. The standard InChI is InChI=1S/C21H27N5O/c1-15-2-4-16(5-3-15)18-12-26(19(27)8-11-25-14-22-13-23-25)20-17-6-9-24(10-7-17)21(18)20/h2-5,13-14,17-18,20-21H,6-12H2,1H3/t18-,20-,21-/m1/s1. The summed E-state index contributed by atoms with van der Waals surface area (Å²) in [6.07, 6.45) is 6.17. The van der Waals surface area contributed by atoms with Gasteiger partial charge in [0.15, 0.2) is 0 Å². The van der Waals surface area contributed by atoms with Gasteiger partial charge in [-0.15, -0.1) is 0 Å². The van der Waals surface area contributed by atoms with E-state index in [-0.39, 0.29) is 5.91 Å². The second-order valence-electron chi connectivity index (χ2n) is 8.33. The molecule has 6 heteroatoms. The van der Waals surface area contributed by atoms with E-state index in [9.17, 15) is 4.79 Å². The molecule has 0 N–H and O–H groups in total. The maximum Gasteiger partial charge on any atom is 0.224 e. The Hall–Kier alpha value is -2.21. The monoisotopic (exact) mass is 365 g/mol. The van der Waals surface area contributed by atoms with Crippen molar-refractivity contribution in [2.24, 2.45) is 5.92 Å². The Morgan fingerprint density at radius 3 is 2.63 bits per heavy atom. The van der Waals surface area contributed by atoms with Crippen molar-refractivity contribution in [3.05, 3.63) is 48.0 Å². The number of amides is 1. The minimum atomic E-state index is 0.267. The Morgan fingerprint density at radius 2 is 1.93 bits per heavy atom. The lowest BCUT2D eigenvalue weighted by molar-refractivity contribution is -0.136. The summed E-state index contributed by atoms with van der Waals surface area (Å²) in [6.45, 7) is 5.97. The number of fused-ring (bicyclic) bond motifs is 2. The number of hydrogen-bond donors (Lipinski definition) is 0. The Kier molecular flexibility index (Phi) is 4.23. The number of aryl methyl sites for hydroxylation is 2. The van der Waals surface area contributed by atoms with Crippen molar-refractivity contribution in [2.45, 2.75) is 50.7 Å². The van der Waals surface area contributed by atoms with E-state index in [1.54, 1.807) is 11.0 Å². The molecule has 0 spiro atoms. The van der Waals surface area contributed by atoms with Crippen molar-refractivity contribution in [2.75, 3.05) is 19.6 Å². The van der Waals surface area contributed by atoms with Gasteiger partial charge in [-0.2, -0.15) is 5.10 Å². The lowest BCUT2D eigenvalue weighted by atomic mass is 9.75. The summed E-state index contributed by atoms with van der Waals surface area (Å²) in [6, 6.07) is 9.80. The molecule has 5 heterocycles. The molecule has 4 fully saturated rings. The van der Waals surface area contributed by atoms with E-state index in [0.29, 0.717) is 36.9 Å². The van der Waals surface area contributed by atoms with Gasteiger partial charge in [0.1, 0.15) is 12.7 Å². The fourth-order valence-electron chi connectivity index (χ4n) is 5.51. The number of rotatable bonds is 4. The SMILES string of the molecule is Cc1ccc([C@H]2CN(C(=O)CCn3cncn3)[C@@H]3C4CCN(CC4)[C@H]23)cc1. The Bertz CT molecular complexity index is 794. The lowest BCUT2D eigenvalue weighted by Crippen LogP contribution is -2.60. The number of likely N-dealkylation sites (tertiary alicyclic amines) is 1. The average molecular weight is 365 g/mol.